The highest BCUT2D eigenvalue weighted by atomic mass is 35.5. The van der Waals surface area contributed by atoms with Gasteiger partial charge < -0.3 is 15.3 Å². The standard InChI is InChI=1S/C11H13ClN2O3/c12-9-4-1-2-5-10(9)14-11(16)8-13-17-7-3-6-15/h1-2,4-5,8,15H,3,6-7H2,(H,14,16)/b13-8+. The summed E-state index contributed by atoms with van der Waals surface area (Å²) >= 11 is 5.85. The van der Waals surface area contributed by atoms with Gasteiger partial charge in [0.1, 0.15) is 12.8 Å². The summed E-state index contributed by atoms with van der Waals surface area (Å²) in [5.41, 5.74) is 0.515. The van der Waals surface area contributed by atoms with Crippen molar-refractivity contribution in [3.8, 4) is 0 Å². The van der Waals surface area contributed by atoms with Crippen LogP contribution >= 0.6 is 11.6 Å². The number of carbonyl (C=O) groups excluding carboxylic acids is 1. The van der Waals surface area contributed by atoms with Gasteiger partial charge in [0.25, 0.3) is 5.91 Å². The van der Waals surface area contributed by atoms with Crippen LogP contribution in [0, 0.1) is 0 Å². The number of aliphatic hydroxyl groups is 1. The summed E-state index contributed by atoms with van der Waals surface area (Å²) in [5.74, 6) is -0.429. The highest BCUT2D eigenvalue weighted by molar-refractivity contribution is 6.36. The van der Waals surface area contributed by atoms with E-state index in [-0.39, 0.29) is 13.2 Å². The van der Waals surface area contributed by atoms with E-state index in [2.05, 4.69) is 10.5 Å². The monoisotopic (exact) mass is 256 g/mol. The van der Waals surface area contributed by atoms with E-state index in [1.165, 1.54) is 0 Å². The molecule has 0 aliphatic heterocycles. The van der Waals surface area contributed by atoms with E-state index in [1.807, 2.05) is 0 Å². The minimum absolute atomic E-state index is 0.0291. The summed E-state index contributed by atoms with van der Waals surface area (Å²) in [6.07, 6.45) is 1.49. The predicted octanol–water partition coefficient (Wildman–Crippen LogP) is 1.66. The fourth-order valence-corrected chi connectivity index (χ4v) is 1.18. The maximum absolute atomic E-state index is 11.3. The molecule has 0 aromatic heterocycles. The molecule has 5 nitrogen and oxygen atoms in total. The molecule has 6 heteroatoms. The Morgan fingerprint density at radius 1 is 1.53 bits per heavy atom. The van der Waals surface area contributed by atoms with Crippen molar-refractivity contribution in [3.05, 3.63) is 29.3 Å². The van der Waals surface area contributed by atoms with Gasteiger partial charge in [-0.1, -0.05) is 28.9 Å². The lowest BCUT2D eigenvalue weighted by molar-refractivity contribution is -0.110. The number of nitrogens with zero attached hydrogens (tertiary/aromatic N) is 1. The molecule has 2 N–H and O–H groups in total. The number of aliphatic hydroxyl groups excluding tert-OH is 1. The Kier molecular flexibility index (Phi) is 6.06. The lowest BCUT2D eigenvalue weighted by atomic mass is 10.3. The van der Waals surface area contributed by atoms with Gasteiger partial charge in [-0.3, -0.25) is 4.79 Å². The smallest absolute Gasteiger partial charge is 0.270 e. The second kappa shape index (κ2) is 7.65. The number of anilines is 1. The normalized spacial score (nSPS) is 10.5. The number of oxime groups is 1. The molecular weight excluding hydrogens is 244 g/mol. The van der Waals surface area contributed by atoms with Gasteiger partial charge in [-0.05, 0) is 12.1 Å². The second-order valence-electron chi connectivity index (χ2n) is 3.11. The van der Waals surface area contributed by atoms with Gasteiger partial charge in [-0.2, -0.15) is 0 Å². The Labute approximate surface area is 104 Å². The first-order valence-corrected chi connectivity index (χ1v) is 5.43. The maximum atomic E-state index is 11.3. The lowest BCUT2D eigenvalue weighted by Crippen LogP contribution is -2.13. The summed E-state index contributed by atoms with van der Waals surface area (Å²) < 4.78 is 0. The van der Waals surface area contributed by atoms with Crippen LogP contribution in [0.5, 0.6) is 0 Å². The molecule has 0 bridgehead atoms. The van der Waals surface area contributed by atoms with Gasteiger partial charge in [0.15, 0.2) is 0 Å². The number of amides is 1. The molecular formula is C11H13ClN2O3. The Bertz CT molecular complexity index is 396. The van der Waals surface area contributed by atoms with E-state index in [0.29, 0.717) is 17.1 Å². The van der Waals surface area contributed by atoms with Crippen molar-refractivity contribution in [3.63, 3.8) is 0 Å². The minimum Gasteiger partial charge on any atom is -0.396 e. The molecule has 92 valence electrons. The van der Waals surface area contributed by atoms with E-state index >= 15 is 0 Å². The zero-order valence-electron chi connectivity index (χ0n) is 9.10. The van der Waals surface area contributed by atoms with Gasteiger partial charge in [-0.15, -0.1) is 0 Å². The number of para-hydroxylation sites is 1. The molecule has 0 aliphatic carbocycles. The molecule has 0 unspecified atom stereocenters. The Hall–Kier alpha value is -1.59. The maximum Gasteiger partial charge on any atom is 0.270 e. The molecule has 1 amide bonds. The lowest BCUT2D eigenvalue weighted by Gasteiger charge is -2.03. The van der Waals surface area contributed by atoms with Gasteiger partial charge in [0.2, 0.25) is 0 Å². The predicted molar refractivity (Wildman–Crippen MR) is 66.2 cm³/mol. The van der Waals surface area contributed by atoms with Crippen LogP contribution in [0.25, 0.3) is 0 Å². The zero-order chi connectivity index (χ0) is 12.5. The molecule has 0 spiro atoms. The highest BCUT2D eigenvalue weighted by Crippen LogP contribution is 2.19. The zero-order valence-corrected chi connectivity index (χ0v) is 9.85. The molecule has 1 aromatic carbocycles. The molecule has 0 saturated carbocycles. The molecule has 0 radical (unpaired) electrons. The number of hydrogen-bond donors (Lipinski definition) is 2. The van der Waals surface area contributed by atoms with Gasteiger partial charge in [0, 0.05) is 13.0 Å². The number of hydrogen-bond acceptors (Lipinski definition) is 4. The Morgan fingerprint density at radius 3 is 3.00 bits per heavy atom. The molecule has 1 aromatic rings. The van der Waals surface area contributed by atoms with Crippen LogP contribution < -0.4 is 5.32 Å². The summed E-state index contributed by atoms with van der Waals surface area (Å²) in [6, 6.07) is 6.88. The number of halogens is 1. The fourth-order valence-electron chi connectivity index (χ4n) is 0.995. The SMILES string of the molecule is O=C(/C=N/OCCCO)Nc1ccccc1Cl. The highest BCUT2D eigenvalue weighted by Gasteiger charge is 2.02. The number of rotatable bonds is 6. The van der Waals surface area contributed by atoms with Crippen LogP contribution in [0.1, 0.15) is 6.42 Å². The summed E-state index contributed by atoms with van der Waals surface area (Å²) in [4.78, 5) is 16.1. The van der Waals surface area contributed by atoms with Crippen LogP contribution in [-0.4, -0.2) is 30.4 Å². The first-order valence-electron chi connectivity index (χ1n) is 5.05. The summed E-state index contributed by atoms with van der Waals surface area (Å²) in [7, 11) is 0. The van der Waals surface area contributed by atoms with Crippen molar-refractivity contribution in [2.24, 2.45) is 5.16 Å². The number of benzene rings is 1. The first kappa shape index (κ1) is 13.5. The van der Waals surface area contributed by atoms with Crippen molar-refractivity contribution < 1.29 is 14.7 Å². The van der Waals surface area contributed by atoms with Crippen molar-refractivity contribution in [2.75, 3.05) is 18.5 Å². The quantitative estimate of drug-likeness (QED) is 0.462. The number of carbonyl (C=O) groups is 1. The van der Waals surface area contributed by atoms with Crippen molar-refractivity contribution >= 4 is 29.4 Å². The molecule has 0 aliphatic rings. The average Bonchev–Trinajstić information content (AvgIpc) is 2.32. The minimum atomic E-state index is -0.429. The van der Waals surface area contributed by atoms with Crippen LogP contribution in [0.2, 0.25) is 5.02 Å². The van der Waals surface area contributed by atoms with E-state index in [4.69, 9.17) is 21.5 Å². The van der Waals surface area contributed by atoms with Gasteiger partial charge in [-0.25, -0.2) is 0 Å². The second-order valence-corrected chi connectivity index (χ2v) is 3.52. The molecule has 1 rings (SSSR count). The third kappa shape index (κ3) is 5.33. The van der Waals surface area contributed by atoms with Crippen LogP contribution in [0.4, 0.5) is 5.69 Å². The topological polar surface area (TPSA) is 70.9 Å². The number of nitrogens with one attached hydrogen (secondary N) is 1. The Balaban J connectivity index is 2.37. The third-order valence-corrected chi connectivity index (χ3v) is 2.10. The van der Waals surface area contributed by atoms with Crippen molar-refractivity contribution in [2.45, 2.75) is 6.42 Å². The van der Waals surface area contributed by atoms with E-state index in [0.717, 1.165) is 6.21 Å². The summed E-state index contributed by atoms with van der Waals surface area (Å²) in [5, 5.41) is 14.9. The van der Waals surface area contributed by atoms with Crippen LogP contribution in [0.3, 0.4) is 0 Å². The van der Waals surface area contributed by atoms with Crippen LogP contribution in [-0.2, 0) is 9.63 Å². The third-order valence-electron chi connectivity index (χ3n) is 1.77. The molecule has 0 heterocycles. The molecule has 0 saturated heterocycles. The Morgan fingerprint density at radius 2 is 2.29 bits per heavy atom. The van der Waals surface area contributed by atoms with E-state index < -0.39 is 5.91 Å². The average molecular weight is 257 g/mol. The molecule has 0 atom stereocenters. The van der Waals surface area contributed by atoms with Crippen molar-refractivity contribution in [1.82, 2.24) is 0 Å². The summed E-state index contributed by atoms with van der Waals surface area (Å²) in [6.45, 7) is 0.299. The van der Waals surface area contributed by atoms with Gasteiger partial charge >= 0.3 is 0 Å². The fraction of sp³-hybridized carbons (Fsp3) is 0.273. The van der Waals surface area contributed by atoms with Gasteiger partial charge in [0.05, 0.1) is 10.7 Å². The molecule has 17 heavy (non-hydrogen) atoms. The van der Waals surface area contributed by atoms with E-state index in [9.17, 15) is 4.79 Å². The molecule has 0 fully saturated rings. The largest absolute Gasteiger partial charge is 0.396 e. The van der Waals surface area contributed by atoms with E-state index in [1.54, 1.807) is 24.3 Å². The van der Waals surface area contributed by atoms with Crippen LogP contribution in [0.15, 0.2) is 29.4 Å². The van der Waals surface area contributed by atoms with Crippen molar-refractivity contribution in [1.29, 1.82) is 0 Å². The first-order chi connectivity index (χ1) is 8.24.